The van der Waals surface area contributed by atoms with Gasteiger partial charge in [0.1, 0.15) is 0 Å². The largest absolute Gasteiger partial charge is 0.471 e. The Morgan fingerprint density at radius 1 is 1.38 bits per heavy atom. The first-order valence-corrected chi connectivity index (χ1v) is 3.95. The van der Waals surface area contributed by atoms with Gasteiger partial charge in [0.05, 0.1) is 6.10 Å². The summed E-state index contributed by atoms with van der Waals surface area (Å²) in [5, 5.41) is 10.8. The maximum Gasteiger partial charge on any atom is 0.471 e. The molecule has 0 heterocycles. The third kappa shape index (κ3) is 2.87. The van der Waals surface area contributed by atoms with E-state index < -0.39 is 24.2 Å². The van der Waals surface area contributed by atoms with E-state index in [0.29, 0.717) is 12.8 Å². The van der Waals surface area contributed by atoms with E-state index in [4.69, 9.17) is 5.11 Å². The van der Waals surface area contributed by atoms with Crippen molar-refractivity contribution < 1.29 is 23.1 Å². The van der Waals surface area contributed by atoms with Gasteiger partial charge in [-0.15, -0.1) is 0 Å². The lowest BCUT2D eigenvalue weighted by Crippen LogP contribution is -2.42. The summed E-state index contributed by atoms with van der Waals surface area (Å²) < 4.78 is 35.2. The Balaban J connectivity index is 2.37. The molecule has 0 unspecified atom stereocenters. The number of hydrogen-bond acceptors (Lipinski definition) is 2. The Morgan fingerprint density at radius 2 is 2.00 bits per heavy atom. The number of carbonyl (C=O) groups excluding carboxylic acids is 1. The second-order valence-electron chi connectivity index (χ2n) is 3.14. The van der Waals surface area contributed by atoms with E-state index in [1.54, 1.807) is 0 Å². The van der Waals surface area contributed by atoms with Crippen molar-refractivity contribution in [3.63, 3.8) is 0 Å². The molecule has 0 spiro atoms. The van der Waals surface area contributed by atoms with Crippen LogP contribution in [0.5, 0.6) is 0 Å². The van der Waals surface area contributed by atoms with Gasteiger partial charge in [-0.1, -0.05) is 0 Å². The van der Waals surface area contributed by atoms with E-state index in [2.05, 4.69) is 0 Å². The van der Waals surface area contributed by atoms with Gasteiger partial charge in [-0.2, -0.15) is 13.2 Å². The van der Waals surface area contributed by atoms with Crippen molar-refractivity contribution in [1.82, 2.24) is 5.32 Å². The summed E-state index contributed by atoms with van der Waals surface area (Å²) in [5.74, 6) is -1.92. The van der Waals surface area contributed by atoms with Gasteiger partial charge < -0.3 is 10.4 Å². The van der Waals surface area contributed by atoms with Crippen LogP contribution in [-0.2, 0) is 4.79 Å². The van der Waals surface area contributed by atoms with E-state index in [1.165, 1.54) is 0 Å². The topological polar surface area (TPSA) is 49.3 Å². The maximum atomic E-state index is 11.7. The van der Waals surface area contributed by atoms with E-state index in [-0.39, 0.29) is 6.42 Å². The average Bonchev–Trinajstić information content (AvgIpc) is 2.33. The van der Waals surface area contributed by atoms with Crippen molar-refractivity contribution in [1.29, 1.82) is 0 Å². The van der Waals surface area contributed by atoms with Crippen molar-refractivity contribution in [2.75, 3.05) is 0 Å². The lowest BCUT2D eigenvalue weighted by atomic mass is 10.2. The number of hydrogen-bond donors (Lipinski definition) is 2. The smallest absolute Gasteiger partial charge is 0.393 e. The minimum absolute atomic E-state index is 0.210. The van der Waals surface area contributed by atoms with Gasteiger partial charge in [-0.3, -0.25) is 4.79 Å². The summed E-state index contributed by atoms with van der Waals surface area (Å²) in [4.78, 5) is 10.4. The van der Waals surface area contributed by atoms with E-state index in [1.807, 2.05) is 5.32 Å². The lowest BCUT2D eigenvalue weighted by molar-refractivity contribution is -0.174. The Kier molecular flexibility index (Phi) is 2.80. The number of aliphatic hydroxyl groups excluding tert-OH is 1. The number of amides is 1. The first kappa shape index (κ1) is 10.3. The standard InChI is InChI=1S/C7H10F3NO2/c8-7(9,10)6(13)11-4-1-2-5(12)3-4/h4-5,12H,1-3H2,(H,11,13)/t4-,5+/m1/s1. The summed E-state index contributed by atoms with van der Waals surface area (Å²) >= 11 is 0. The Bertz CT molecular complexity index is 204. The summed E-state index contributed by atoms with van der Waals surface area (Å²) in [7, 11) is 0. The number of halogens is 3. The van der Waals surface area contributed by atoms with Crippen LogP contribution in [0.25, 0.3) is 0 Å². The highest BCUT2D eigenvalue weighted by Gasteiger charge is 2.40. The van der Waals surface area contributed by atoms with Gasteiger partial charge >= 0.3 is 12.1 Å². The molecule has 0 saturated heterocycles. The molecule has 0 aromatic carbocycles. The molecule has 0 aliphatic heterocycles. The maximum absolute atomic E-state index is 11.7. The normalized spacial score (nSPS) is 28.9. The van der Waals surface area contributed by atoms with Gasteiger partial charge in [0.2, 0.25) is 0 Å². The minimum atomic E-state index is -4.83. The summed E-state index contributed by atoms with van der Waals surface area (Å²) in [6, 6.07) is -0.538. The van der Waals surface area contributed by atoms with Crippen LogP contribution in [0.2, 0.25) is 0 Å². The zero-order valence-electron chi connectivity index (χ0n) is 6.77. The molecule has 1 aliphatic carbocycles. The van der Waals surface area contributed by atoms with Crippen LogP contribution < -0.4 is 5.32 Å². The molecule has 0 aromatic heterocycles. The zero-order chi connectivity index (χ0) is 10.1. The molecule has 1 saturated carbocycles. The van der Waals surface area contributed by atoms with E-state index >= 15 is 0 Å². The average molecular weight is 197 g/mol. The quantitative estimate of drug-likeness (QED) is 0.646. The van der Waals surface area contributed by atoms with Gasteiger partial charge in [0.25, 0.3) is 0 Å². The Morgan fingerprint density at radius 3 is 2.38 bits per heavy atom. The lowest BCUT2D eigenvalue weighted by Gasteiger charge is -2.13. The van der Waals surface area contributed by atoms with Crippen molar-refractivity contribution in [2.45, 2.75) is 37.6 Å². The Labute approximate surface area is 72.9 Å². The summed E-state index contributed by atoms with van der Waals surface area (Å²) in [6.45, 7) is 0. The van der Waals surface area contributed by atoms with Crippen LogP contribution in [0, 0.1) is 0 Å². The van der Waals surface area contributed by atoms with Crippen molar-refractivity contribution in [2.24, 2.45) is 0 Å². The highest BCUT2D eigenvalue weighted by atomic mass is 19.4. The van der Waals surface area contributed by atoms with Crippen LogP contribution in [0.1, 0.15) is 19.3 Å². The molecule has 1 fully saturated rings. The van der Waals surface area contributed by atoms with E-state index in [0.717, 1.165) is 0 Å². The number of aliphatic hydroxyl groups is 1. The van der Waals surface area contributed by atoms with Gasteiger partial charge in [-0.25, -0.2) is 0 Å². The monoisotopic (exact) mass is 197 g/mol. The third-order valence-electron chi connectivity index (χ3n) is 2.00. The predicted molar refractivity (Wildman–Crippen MR) is 37.8 cm³/mol. The van der Waals surface area contributed by atoms with Gasteiger partial charge in [0.15, 0.2) is 0 Å². The summed E-state index contributed by atoms with van der Waals surface area (Å²) in [6.07, 6.45) is -4.35. The molecule has 0 radical (unpaired) electrons. The fraction of sp³-hybridized carbons (Fsp3) is 0.857. The molecular weight excluding hydrogens is 187 g/mol. The minimum Gasteiger partial charge on any atom is -0.393 e. The van der Waals surface area contributed by atoms with Crippen LogP contribution >= 0.6 is 0 Å². The van der Waals surface area contributed by atoms with Crippen LogP contribution in [0.4, 0.5) is 13.2 Å². The molecule has 3 nitrogen and oxygen atoms in total. The molecule has 2 N–H and O–H groups in total. The molecule has 1 amide bonds. The molecule has 2 atom stereocenters. The number of rotatable bonds is 1. The molecule has 1 aliphatic rings. The number of carbonyl (C=O) groups is 1. The second-order valence-corrected chi connectivity index (χ2v) is 3.14. The van der Waals surface area contributed by atoms with Crippen molar-refractivity contribution >= 4 is 5.91 Å². The molecule has 76 valence electrons. The van der Waals surface area contributed by atoms with Crippen LogP contribution in [0.3, 0.4) is 0 Å². The molecule has 0 aromatic rings. The molecule has 0 bridgehead atoms. The number of nitrogens with one attached hydrogen (secondary N) is 1. The first-order valence-electron chi connectivity index (χ1n) is 3.95. The van der Waals surface area contributed by atoms with Crippen LogP contribution in [0.15, 0.2) is 0 Å². The van der Waals surface area contributed by atoms with Gasteiger partial charge in [0, 0.05) is 6.04 Å². The zero-order valence-corrected chi connectivity index (χ0v) is 6.77. The highest BCUT2D eigenvalue weighted by molar-refractivity contribution is 5.81. The summed E-state index contributed by atoms with van der Waals surface area (Å²) in [5.41, 5.74) is 0. The second kappa shape index (κ2) is 3.53. The predicted octanol–water partition coefficient (Wildman–Crippen LogP) is 0.578. The van der Waals surface area contributed by atoms with Crippen molar-refractivity contribution in [3.8, 4) is 0 Å². The third-order valence-corrected chi connectivity index (χ3v) is 2.00. The highest BCUT2D eigenvalue weighted by Crippen LogP contribution is 2.21. The van der Waals surface area contributed by atoms with Crippen molar-refractivity contribution in [3.05, 3.63) is 0 Å². The fourth-order valence-corrected chi connectivity index (χ4v) is 1.36. The molecule has 13 heavy (non-hydrogen) atoms. The van der Waals surface area contributed by atoms with Gasteiger partial charge in [-0.05, 0) is 19.3 Å². The first-order chi connectivity index (χ1) is 5.89. The Hall–Kier alpha value is -0.780. The molecule has 1 rings (SSSR count). The van der Waals surface area contributed by atoms with Crippen LogP contribution in [-0.4, -0.2) is 29.3 Å². The fourth-order valence-electron chi connectivity index (χ4n) is 1.36. The SMILES string of the molecule is O=C(N[C@@H]1CC[C@H](O)C1)C(F)(F)F. The van der Waals surface area contributed by atoms with E-state index in [9.17, 15) is 18.0 Å². The molecular formula is C7H10F3NO2. The molecule has 6 heteroatoms. The number of alkyl halides is 3.